The van der Waals surface area contributed by atoms with Crippen molar-refractivity contribution in [3.05, 3.63) is 35.7 Å². The SMILES string of the molecule is CC(=NOC1CCN(c2nc(C(C)C)no2)CC1)c1ccc(S(C)(=O)=O)cc1. The molecule has 1 aliphatic heterocycles. The summed E-state index contributed by atoms with van der Waals surface area (Å²) in [4.78, 5) is 12.5. The van der Waals surface area contributed by atoms with Crippen molar-refractivity contribution in [1.29, 1.82) is 0 Å². The normalized spacial score (nSPS) is 16.6. The molecular formula is C19H26N4O4S. The van der Waals surface area contributed by atoms with Crippen molar-refractivity contribution in [2.24, 2.45) is 5.16 Å². The number of hydrogen-bond donors (Lipinski definition) is 0. The van der Waals surface area contributed by atoms with Crippen molar-refractivity contribution in [2.45, 2.75) is 50.5 Å². The van der Waals surface area contributed by atoms with Crippen molar-refractivity contribution in [3.63, 3.8) is 0 Å². The molecule has 1 fully saturated rings. The smallest absolute Gasteiger partial charge is 0.324 e. The number of aromatic nitrogens is 2. The number of anilines is 1. The Morgan fingerprint density at radius 1 is 1.25 bits per heavy atom. The summed E-state index contributed by atoms with van der Waals surface area (Å²) in [5.74, 6) is 0.956. The number of benzene rings is 1. The molecule has 3 rings (SSSR count). The van der Waals surface area contributed by atoms with E-state index in [4.69, 9.17) is 9.36 Å². The summed E-state index contributed by atoms with van der Waals surface area (Å²) in [7, 11) is -3.20. The van der Waals surface area contributed by atoms with E-state index in [1.54, 1.807) is 24.3 Å². The molecule has 2 heterocycles. The number of oxime groups is 1. The van der Waals surface area contributed by atoms with Crippen molar-refractivity contribution < 1.29 is 17.8 Å². The minimum atomic E-state index is -3.20. The molecule has 0 N–H and O–H groups in total. The molecular weight excluding hydrogens is 380 g/mol. The van der Waals surface area contributed by atoms with E-state index in [0.29, 0.717) is 16.6 Å². The van der Waals surface area contributed by atoms with Crippen LogP contribution >= 0.6 is 0 Å². The third-order valence-electron chi connectivity index (χ3n) is 4.70. The minimum Gasteiger partial charge on any atom is -0.392 e. The highest BCUT2D eigenvalue weighted by Gasteiger charge is 2.24. The Morgan fingerprint density at radius 3 is 2.43 bits per heavy atom. The number of sulfone groups is 1. The first-order valence-corrected chi connectivity index (χ1v) is 11.2. The van der Waals surface area contributed by atoms with E-state index >= 15 is 0 Å². The molecule has 0 aliphatic carbocycles. The zero-order valence-electron chi connectivity index (χ0n) is 16.6. The highest BCUT2D eigenvalue weighted by molar-refractivity contribution is 7.90. The zero-order chi connectivity index (χ0) is 20.3. The van der Waals surface area contributed by atoms with Gasteiger partial charge in [-0.25, -0.2) is 8.42 Å². The molecule has 1 aromatic heterocycles. The van der Waals surface area contributed by atoms with Gasteiger partial charge in [-0.1, -0.05) is 36.3 Å². The maximum atomic E-state index is 11.5. The predicted octanol–water partition coefficient (Wildman–Crippen LogP) is 3.01. The van der Waals surface area contributed by atoms with Crippen LogP contribution in [-0.4, -0.2) is 49.7 Å². The fraction of sp³-hybridized carbons (Fsp3) is 0.526. The molecule has 0 bridgehead atoms. The number of nitrogens with zero attached hydrogens (tertiary/aromatic N) is 4. The third-order valence-corrected chi connectivity index (χ3v) is 5.83. The first kappa shape index (κ1) is 20.3. The molecule has 2 aromatic rings. The van der Waals surface area contributed by atoms with Crippen LogP contribution in [-0.2, 0) is 14.7 Å². The molecule has 8 nitrogen and oxygen atoms in total. The summed E-state index contributed by atoms with van der Waals surface area (Å²) in [5.41, 5.74) is 1.54. The summed E-state index contributed by atoms with van der Waals surface area (Å²) in [6.07, 6.45) is 2.83. The number of hydrogen-bond acceptors (Lipinski definition) is 8. The second kappa shape index (κ2) is 8.30. The van der Waals surface area contributed by atoms with Crippen LogP contribution in [0.1, 0.15) is 50.9 Å². The van der Waals surface area contributed by atoms with E-state index < -0.39 is 9.84 Å². The number of rotatable bonds is 6. The second-order valence-electron chi connectivity index (χ2n) is 7.35. The molecule has 1 saturated heterocycles. The van der Waals surface area contributed by atoms with Crippen LogP contribution in [0.3, 0.4) is 0 Å². The van der Waals surface area contributed by atoms with Crippen LogP contribution in [0.25, 0.3) is 0 Å². The quantitative estimate of drug-likeness (QED) is 0.537. The van der Waals surface area contributed by atoms with Gasteiger partial charge in [-0.2, -0.15) is 4.98 Å². The Hall–Kier alpha value is -2.42. The lowest BCUT2D eigenvalue weighted by Gasteiger charge is -2.29. The average Bonchev–Trinajstić information content (AvgIpc) is 3.16. The van der Waals surface area contributed by atoms with Gasteiger partial charge in [-0.05, 0) is 24.6 Å². The Labute approximate surface area is 165 Å². The van der Waals surface area contributed by atoms with Gasteiger partial charge in [-0.15, -0.1) is 0 Å². The van der Waals surface area contributed by atoms with Crippen LogP contribution < -0.4 is 4.90 Å². The molecule has 28 heavy (non-hydrogen) atoms. The van der Waals surface area contributed by atoms with Crippen molar-refractivity contribution in [1.82, 2.24) is 10.1 Å². The van der Waals surface area contributed by atoms with Crippen LogP contribution in [0.2, 0.25) is 0 Å². The predicted molar refractivity (Wildman–Crippen MR) is 106 cm³/mol. The summed E-state index contributed by atoms with van der Waals surface area (Å²) < 4.78 is 28.4. The van der Waals surface area contributed by atoms with E-state index in [1.807, 2.05) is 20.8 Å². The minimum absolute atomic E-state index is 0.0222. The molecule has 0 radical (unpaired) electrons. The van der Waals surface area contributed by atoms with Gasteiger partial charge in [-0.3, -0.25) is 0 Å². The monoisotopic (exact) mass is 406 g/mol. The molecule has 0 saturated carbocycles. The van der Waals surface area contributed by atoms with Gasteiger partial charge >= 0.3 is 6.01 Å². The first-order valence-electron chi connectivity index (χ1n) is 9.33. The summed E-state index contributed by atoms with van der Waals surface area (Å²) in [6.45, 7) is 7.44. The van der Waals surface area contributed by atoms with E-state index in [0.717, 1.165) is 37.3 Å². The molecule has 9 heteroatoms. The lowest BCUT2D eigenvalue weighted by atomic mass is 10.1. The van der Waals surface area contributed by atoms with Crippen LogP contribution in [0.15, 0.2) is 38.8 Å². The molecule has 0 atom stereocenters. The highest BCUT2D eigenvalue weighted by Crippen LogP contribution is 2.22. The Balaban J connectivity index is 1.54. The van der Waals surface area contributed by atoms with Crippen LogP contribution in [0.4, 0.5) is 6.01 Å². The molecule has 0 spiro atoms. The van der Waals surface area contributed by atoms with E-state index in [1.165, 1.54) is 6.26 Å². The van der Waals surface area contributed by atoms with Crippen molar-refractivity contribution in [3.8, 4) is 0 Å². The highest BCUT2D eigenvalue weighted by atomic mass is 32.2. The molecule has 1 aliphatic rings. The van der Waals surface area contributed by atoms with Gasteiger partial charge < -0.3 is 14.3 Å². The lowest BCUT2D eigenvalue weighted by Crippen LogP contribution is -2.36. The van der Waals surface area contributed by atoms with Gasteiger partial charge in [0.05, 0.1) is 10.6 Å². The topological polar surface area (TPSA) is 97.9 Å². The average molecular weight is 407 g/mol. The molecule has 0 amide bonds. The Bertz CT molecular complexity index is 927. The Kier molecular flexibility index (Phi) is 6.02. The largest absolute Gasteiger partial charge is 0.392 e. The van der Waals surface area contributed by atoms with Gasteiger partial charge in [0.1, 0.15) is 6.10 Å². The van der Waals surface area contributed by atoms with Crippen molar-refractivity contribution in [2.75, 3.05) is 24.2 Å². The van der Waals surface area contributed by atoms with Gasteiger partial charge in [0.2, 0.25) is 0 Å². The summed E-state index contributed by atoms with van der Waals surface area (Å²) in [6, 6.07) is 7.20. The summed E-state index contributed by atoms with van der Waals surface area (Å²) in [5, 5.41) is 8.24. The molecule has 152 valence electrons. The van der Waals surface area contributed by atoms with E-state index in [-0.39, 0.29) is 12.0 Å². The Morgan fingerprint density at radius 2 is 1.89 bits per heavy atom. The standard InChI is InChI=1S/C19H26N4O4S/c1-13(2)18-20-19(27-22-18)23-11-9-16(10-12-23)26-21-14(3)15-5-7-17(8-6-15)28(4,24)25/h5-8,13,16H,9-12H2,1-4H3. The van der Waals surface area contributed by atoms with Crippen molar-refractivity contribution >= 4 is 21.6 Å². The van der Waals surface area contributed by atoms with Crippen LogP contribution in [0.5, 0.6) is 0 Å². The first-order chi connectivity index (χ1) is 13.2. The maximum Gasteiger partial charge on any atom is 0.324 e. The van der Waals surface area contributed by atoms with Gasteiger partial charge in [0.15, 0.2) is 15.7 Å². The van der Waals surface area contributed by atoms with E-state index in [2.05, 4.69) is 20.2 Å². The molecule has 1 aromatic carbocycles. The number of piperidine rings is 1. The summed E-state index contributed by atoms with van der Waals surface area (Å²) >= 11 is 0. The van der Waals surface area contributed by atoms with Gasteiger partial charge in [0, 0.05) is 38.1 Å². The second-order valence-corrected chi connectivity index (χ2v) is 9.37. The lowest BCUT2D eigenvalue weighted by molar-refractivity contribution is 0.0413. The fourth-order valence-corrected chi connectivity index (χ4v) is 3.52. The molecule has 0 unspecified atom stereocenters. The third kappa shape index (κ3) is 4.89. The van der Waals surface area contributed by atoms with Crippen LogP contribution in [0, 0.1) is 0 Å². The zero-order valence-corrected chi connectivity index (χ0v) is 17.4. The maximum absolute atomic E-state index is 11.5. The fourth-order valence-electron chi connectivity index (χ4n) is 2.89. The van der Waals surface area contributed by atoms with Gasteiger partial charge in [0.25, 0.3) is 0 Å². The van der Waals surface area contributed by atoms with E-state index in [9.17, 15) is 8.42 Å².